The Bertz CT molecular complexity index is 663. The monoisotopic (exact) mass is 226 g/mol. The van der Waals surface area contributed by atoms with E-state index in [-0.39, 0.29) is 0 Å². The molecule has 0 saturated carbocycles. The zero-order valence-corrected chi connectivity index (χ0v) is 9.62. The molecule has 4 nitrogen and oxygen atoms in total. The third-order valence-electron chi connectivity index (χ3n) is 2.95. The van der Waals surface area contributed by atoms with Gasteiger partial charge in [-0.3, -0.25) is 0 Å². The first-order valence-corrected chi connectivity index (χ1v) is 5.61. The number of imidazole rings is 1. The minimum atomic E-state index is 0.468. The van der Waals surface area contributed by atoms with Crippen LogP contribution in [-0.4, -0.2) is 15.0 Å². The number of rotatable bonds is 2. The summed E-state index contributed by atoms with van der Waals surface area (Å²) in [5, 5.41) is 1.17. The number of aromatic nitrogens is 3. The Kier molecular flexibility index (Phi) is 2.23. The van der Waals surface area contributed by atoms with Crippen molar-refractivity contribution in [3.8, 4) is 11.3 Å². The van der Waals surface area contributed by atoms with Gasteiger partial charge < -0.3 is 15.7 Å². The molecule has 4 heteroatoms. The molecule has 17 heavy (non-hydrogen) atoms. The number of H-pyrrole nitrogens is 2. The van der Waals surface area contributed by atoms with E-state index in [9.17, 15) is 0 Å². The van der Waals surface area contributed by atoms with E-state index in [2.05, 4.69) is 27.1 Å². The number of aryl methyl sites for hydroxylation is 1. The first-order chi connectivity index (χ1) is 8.29. The third kappa shape index (κ3) is 1.54. The average Bonchev–Trinajstić information content (AvgIpc) is 2.91. The van der Waals surface area contributed by atoms with E-state index in [1.165, 1.54) is 5.39 Å². The van der Waals surface area contributed by atoms with Crippen LogP contribution in [0.5, 0.6) is 0 Å². The SMILES string of the molecule is Cc1nc(-c2c[nH]c3ccccc23)c(CN)[nH]1. The normalized spacial score (nSPS) is 11.2. The Labute approximate surface area is 98.9 Å². The van der Waals surface area contributed by atoms with Crippen molar-refractivity contribution in [2.75, 3.05) is 0 Å². The molecule has 3 aromatic rings. The number of hydrogen-bond donors (Lipinski definition) is 3. The molecule has 0 spiro atoms. The standard InChI is InChI=1S/C13H14N4/c1-8-16-12(6-14)13(17-8)10-7-15-11-5-3-2-4-9(10)11/h2-5,7,15H,6,14H2,1H3,(H,16,17). The molecule has 0 aliphatic carbocycles. The van der Waals surface area contributed by atoms with Crippen LogP contribution in [0, 0.1) is 6.92 Å². The molecular formula is C13H14N4. The molecule has 2 aromatic heterocycles. The van der Waals surface area contributed by atoms with E-state index in [4.69, 9.17) is 5.73 Å². The van der Waals surface area contributed by atoms with Crippen LogP contribution >= 0.6 is 0 Å². The molecule has 0 fully saturated rings. The van der Waals surface area contributed by atoms with E-state index in [1.54, 1.807) is 0 Å². The molecule has 4 N–H and O–H groups in total. The van der Waals surface area contributed by atoms with Crippen molar-refractivity contribution in [2.24, 2.45) is 5.73 Å². The fraction of sp³-hybridized carbons (Fsp3) is 0.154. The highest BCUT2D eigenvalue weighted by Crippen LogP contribution is 2.29. The fourth-order valence-electron chi connectivity index (χ4n) is 2.18. The van der Waals surface area contributed by atoms with Gasteiger partial charge in [-0.2, -0.15) is 0 Å². The highest BCUT2D eigenvalue weighted by Gasteiger charge is 2.13. The maximum atomic E-state index is 5.73. The van der Waals surface area contributed by atoms with Crippen LogP contribution < -0.4 is 5.73 Å². The van der Waals surface area contributed by atoms with Crippen molar-refractivity contribution in [1.29, 1.82) is 0 Å². The van der Waals surface area contributed by atoms with Crippen molar-refractivity contribution >= 4 is 10.9 Å². The summed E-state index contributed by atoms with van der Waals surface area (Å²) < 4.78 is 0. The smallest absolute Gasteiger partial charge is 0.103 e. The molecule has 0 amide bonds. The van der Waals surface area contributed by atoms with Gasteiger partial charge >= 0.3 is 0 Å². The fourth-order valence-corrected chi connectivity index (χ4v) is 2.18. The topological polar surface area (TPSA) is 70.5 Å². The van der Waals surface area contributed by atoms with Crippen molar-refractivity contribution in [1.82, 2.24) is 15.0 Å². The summed E-state index contributed by atoms with van der Waals surface area (Å²) in [6, 6.07) is 8.19. The molecule has 0 unspecified atom stereocenters. The van der Waals surface area contributed by atoms with Crippen molar-refractivity contribution in [3.63, 3.8) is 0 Å². The lowest BCUT2D eigenvalue weighted by Crippen LogP contribution is -1.98. The van der Waals surface area contributed by atoms with Crippen molar-refractivity contribution in [2.45, 2.75) is 13.5 Å². The Morgan fingerprint density at radius 2 is 2.12 bits per heavy atom. The lowest BCUT2D eigenvalue weighted by Gasteiger charge is -1.98. The van der Waals surface area contributed by atoms with Gasteiger partial charge in [0, 0.05) is 29.2 Å². The molecule has 86 valence electrons. The number of nitrogens with one attached hydrogen (secondary N) is 2. The molecule has 3 rings (SSSR count). The number of fused-ring (bicyclic) bond motifs is 1. The molecule has 1 aromatic carbocycles. The van der Waals surface area contributed by atoms with Crippen molar-refractivity contribution in [3.05, 3.63) is 42.0 Å². The summed E-state index contributed by atoms with van der Waals surface area (Å²) in [5.74, 6) is 0.894. The third-order valence-corrected chi connectivity index (χ3v) is 2.95. The largest absolute Gasteiger partial charge is 0.360 e. The zero-order valence-electron chi connectivity index (χ0n) is 9.62. The molecule has 0 atom stereocenters. The number of benzene rings is 1. The summed E-state index contributed by atoms with van der Waals surface area (Å²) in [6.07, 6.45) is 1.99. The highest BCUT2D eigenvalue weighted by atomic mass is 14.9. The minimum Gasteiger partial charge on any atom is -0.360 e. The average molecular weight is 226 g/mol. The molecule has 0 aliphatic rings. The van der Waals surface area contributed by atoms with Gasteiger partial charge in [0.1, 0.15) is 5.82 Å². The van der Waals surface area contributed by atoms with E-state index < -0.39 is 0 Å². The summed E-state index contributed by atoms with van der Waals surface area (Å²) >= 11 is 0. The number of nitrogens with zero attached hydrogens (tertiary/aromatic N) is 1. The molecule has 0 aliphatic heterocycles. The van der Waals surface area contributed by atoms with Crippen LogP contribution in [-0.2, 0) is 6.54 Å². The molecule has 0 saturated heterocycles. The first kappa shape index (κ1) is 10.1. The second-order valence-corrected chi connectivity index (χ2v) is 4.10. The molecule has 0 bridgehead atoms. The lowest BCUT2D eigenvalue weighted by molar-refractivity contribution is 0.999. The Morgan fingerprint density at radius 3 is 2.94 bits per heavy atom. The van der Waals surface area contributed by atoms with E-state index in [0.717, 1.165) is 28.3 Å². The van der Waals surface area contributed by atoms with E-state index >= 15 is 0 Å². The predicted molar refractivity (Wildman–Crippen MR) is 68.5 cm³/mol. The molecule has 0 radical (unpaired) electrons. The van der Waals surface area contributed by atoms with Gasteiger partial charge in [0.2, 0.25) is 0 Å². The van der Waals surface area contributed by atoms with E-state index in [1.807, 2.05) is 25.3 Å². The van der Waals surface area contributed by atoms with Crippen LogP contribution in [0.15, 0.2) is 30.5 Å². The Hall–Kier alpha value is -2.07. The van der Waals surface area contributed by atoms with Crippen LogP contribution in [0.25, 0.3) is 22.2 Å². The van der Waals surface area contributed by atoms with Gasteiger partial charge in [0.25, 0.3) is 0 Å². The maximum Gasteiger partial charge on any atom is 0.103 e. The highest BCUT2D eigenvalue weighted by molar-refractivity contribution is 5.95. The van der Waals surface area contributed by atoms with Crippen LogP contribution in [0.4, 0.5) is 0 Å². The summed E-state index contributed by atoms with van der Waals surface area (Å²) in [6.45, 7) is 2.41. The zero-order chi connectivity index (χ0) is 11.8. The maximum absolute atomic E-state index is 5.73. The number of aromatic amines is 2. The number of hydrogen-bond acceptors (Lipinski definition) is 2. The second-order valence-electron chi connectivity index (χ2n) is 4.10. The van der Waals surface area contributed by atoms with Crippen LogP contribution in [0.2, 0.25) is 0 Å². The lowest BCUT2D eigenvalue weighted by atomic mass is 10.1. The first-order valence-electron chi connectivity index (χ1n) is 5.61. The Morgan fingerprint density at radius 1 is 1.29 bits per heavy atom. The number of nitrogens with two attached hydrogens (primary N) is 1. The minimum absolute atomic E-state index is 0.468. The van der Waals surface area contributed by atoms with E-state index in [0.29, 0.717) is 6.54 Å². The van der Waals surface area contributed by atoms with Gasteiger partial charge in [0.15, 0.2) is 0 Å². The molecular weight excluding hydrogens is 212 g/mol. The summed E-state index contributed by atoms with van der Waals surface area (Å²) in [4.78, 5) is 11.0. The van der Waals surface area contributed by atoms with Gasteiger partial charge in [-0.15, -0.1) is 0 Å². The Balaban J connectivity index is 2.26. The quantitative estimate of drug-likeness (QED) is 0.627. The summed E-state index contributed by atoms with van der Waals surface area (Å²) in [7, 11) is 0. The predicted octanol–water partition coefficient (Wildman–Crippen LogP) is 2.33. The van der Waals surface area contributed by atoms with Crippen LogP contribution in [0.3, 0.4) is 0 Å². The number of para-hydroxylation sites is 1. The van der Waals surface area contributed by atoms with Gasteiger partial charge in [-0.05, 0) is 13.0 Å². The van der Waals surface area contributed by atoms with Gasteiger partial charge in [-0.25, -0.2) is 4.98 Å². The second kappa shape index (κ2) is 3.75. The van der Waals surface area contributed by atoms with Gasteiger partial charge in [0.05, 0.1) is 11.4 Å². The van der Waals surface area contributed by atoms with Crippen molar-refractivity contribution < 1.29 is 0 Å². The van der Waals surface area contributed by atoms with Gasteiger partial charge in [-0.1, -0.05) is 18.2 Å². The molecule has 2 heterocycles. The summed E-state index contributed by atoms with van der Waals surface area (Å²) in [5.41, 5.74) is 9.88. The van der Waals surface area contributed by atoms with Crippen LogP contribution in [0.1, 0.15) is 11.5 Å².